The van der Waals surface area contributed by atoms with Crippen LogP contribution in [0.3, 0.4) is 0 Å². The first-order chi connectivity index (χ1) is 12.1. The second kappa shape index (κ2) is 6.36. The molecule has 2 atom stereocenters. The summed E-state index contributed by atoms with van der Waals surface area (Å²) in [5.41, 5.74) is 1.20. The van der Waals surface area contributed by atoms with E-state index in [0.29, 0.717) is 22.8 Å². The van der Waals surface area contributed by atoms with E-state index in [4.69, 9.17) is 4.52 Å². The molecule has 0 saturated carbocycles. The highest BCUT2D eigenvalue weighted by molar-refractivity contribution is 5.54. The minimum Gasteiger partial charge on any atom is -0.337 e. The first-order valence-corrected chi connectivity index (χ1v) is 8.33. The van der Waals surface area contributed by atoms with Crippen molar-refractivity contribution in [2.75, 3.05) is 0 Å². The van der Waals surface area contributed by atoms with Crippen LogP contribution in [0.1, 0.15) is 36.7 Å². The lowest BCUT2D eigenvalue weighted by atomic mass is 10.1. The van der Waals surface area contributed by atoms with Crippen LogP contribution in [0, 0.1) is 12.7 Å². The van der Waals surface area contributed by atoms with Gasteiger partial charge in [0.25, 0.3) is 0 Å². The Kier molecular flexibility index (Phi) is 4.04. The van der Waals surface area contributed by atoms with Crippen molar-refractivity contribution in [2.24, 2.45) is 0 Å². The number of rotatable bonds is 4. The number of halogens is 1. The summed E-state index contributed by atoms with van der Waals surface area (Å²) in [5.74, 6) is 1.62. The van der Waals surface area contributed by atoms with Gasteiger partial charge in [-0.1, -0.05) is 17.3 Å². The van der Waals surface area contributed by atoms with Crippen LogP contribution in [0.5, 0.6) is 0 Å². The van der Waals surface area contributed by atoms with Crippen LogP contribution in [0.15, 0.2) is 29.0 Å². The lowest BCUT2D eigenvalue weighted by molar-refractivity contribution is 0.288. The molecule has 3 heterocycles. The molecule has 2 aromatic heterocycles. The zero-order valence-electron chi connectivity index (χ0n) is 14.1. The molecule has 1 N–H and O–H groups in total. The quantitative estimate of drug-likeness (QED) is 0.784. The summed E-state index contributed by atoms with van der Waals surface area (Å²) in [6, 6.07) is 5.08. The lowest BCUT2D eigenvalue weighted by Gasteiger charge is -2.25. The second-order valence-corrected chi connectivity index (χ2v) is 6.40. The van der Waals surface area contributed by atoms with Crippen molar-refractivity contribution in [1.29, 1.82) is 0 Å². The van der Waals surface area contributed by atoms with Crippen LogP contribution in [-0.4, -0.2) is 30.9 Å². The van der Waals surface area contributed by atoms with E-state index in [1.807, 2.05) is 11.6 Å². The van der Waals surface area contributed by atoms with Gasteiger partial charge in [0.05, 0.1) is 12.6 Å². The zero-order valence-corrected chi connectivity index (χ0v) is 14.1. The normalized spacial score (nSPS) is 18.1. The van der Waals surface area contributed by atoms with Crippen molar-refractivity contribution >= 4 is 0 Å². The SMILES string of the molecule is Cc1ccc(-c2noc([C@H](C)N[C@H]3CCc4ncnn4C3)n2)cc1F. The molecular weight excluding hydrogens is 323 g/mol. The van der Waals surface area contributed by atoms with E-state index in [1.54, 1.807) is 25.4 Å². The molecule has 8 heteroatoms. The molecule has 1 aliphatic rings. The fraction of sp³-hybridized carbons (Fsp3) is 0.412. The lowest BCUT2D eigenvalue weighted by Crippen LogP contribution is -2.39. The van der Waals surface area contributed by atoms with Gasteiger partial charge in [-0.05, 0) is 31.9 Å². The van der Waals surface area contributed by atoms with Gasteiger partial charge in [-0.25, -0.2) is 14.1 Å². The van der Waals surface area contributed by atoms with E-state index in [9.17, 15) is 4.39 Å². The van der Waals surface area contributed by atoms with Gasteiger partial charge < -0.3 is 9.84 Å². The molecule has 130 valence electrons. The molecule has 1 aromatic carbocycles. The molecule has 0 radical (unpaired) electrons. The van der Waals surface area contributed by atoms with Crippen molar-refractivity contribution < 1.29 is 8.91 Å². The molecular formula is C17H19FN6O. The number of fused-ring (bicyclic) bond motifs is 1. The molecule has 0 saturated heterocycles. The Labute approximate surface area is 144 Å². The molecule has 0 fully saturated rings. The van der Waals surface area contributed by atoms with Crippen LogP contribution in [0.2, 0.25) is 0 Å². The summed E-state index contributed by atoms with van der Waals surface area (Å²) in [7, 11) is 0. The number of hydrogen-bond donors (Lipinski definition) is 1. The topological polar surface area (TPSA) is 81.7 Å². The van der Waals surface area contributed by atoms with Crippen LogP contribution in [0.4, 0.5) is 4.39 Å². The maximum atomic E-state index is 13.7. The summed E-state index contributed by atoms with van der Waals surface area (Å²) in [6.45, 7) is 4.46. The van der Waals surface area contributed by atoms with Gasteiger partial charge in [-0.3, -0.25) is 0 Å². The van der Waals surface area contributed by atoms with Crippen LogP contribution < -0.4 is 5.32 Å². The third-order valence-electron chi connectivity index (χ3n) is 4.53. The zero-order chi connectivity index (χ0) is 17.4. The molecule has 3 aromatic rings. The average Bonchev–Trinajstić information content (AvgIpc) is 3.26. The van der Waals surface area contributed by atoms with E-state index in [-0.39, 0.29) is 17.9 Å². The monoisotopic (exact) mass is 342 g/mol. The predicted molar refractivity (Wildman–Crippen MR) is 88.1 cm³/mol. The van der Waals surface area contributed by atoms with Crippen molar-refractivity contribution in [1.82, 2.24) is 30.2 Å². The Morgan fingerprint density at radius 1 is 1.40 bits per heavy atom. The van der Waals surface area contributed by atoms with Crippen LogP contribution in [-0.2, 0) is 13.0 Å². The number of nitrogens with zero attached hydrogens (tertiary/aromatic N) is 5. The maximum absolute atomic E-state index is 13.7. The summed E-state index contributed by atoms with van der Waals surface area (Å²) in [5, 5.41) is 11.7. The van der Waals surface area contributed by atoms with E-state index in [1.165, 1.54) is 6.07 Å². The predicted octanol–water partition coefficient (Wildman–Crippen LogP) is 2.44. The van der Waals surface area contributed by atoms with Crippen molar-refractivity contribution in [3.05, 3.63) is 47.6 Å². The van der Waals surface area contributed by atoms with Crippen LogP contribution >= 0.6 is 0 Å². The molecule has 0 spiro atoms. The summed E-state index contributed by atoms with van der Waals surface area (Å²) in [6.07, 6.45) is 3.46. The number of benzene rings is 1. The third-order valence-corrected chi connectivity index (χ3v) is 4.53. The second-order valence-electron chi connectivity index (χ2n) is 6.40. The molecule has 0 bridgehead atoms. The minimum absolute atomic E-state index is 0.105. The van der Waals surface area contributed by atoms with Gasteiger partial charge in [0, 0.05) is 18.0 Å². The Morgan fingerprint density at radius 3 is 3.12 bits per heavy atom. The Hall–Kier alpha value is -2.61. The largest absolute Gasteiger partial charge is 0.337 e. The molecule has 0 amide bonds. The molecule has 4 rings (SSSR count). The fourth-order valence-corrected chi connectivity index (χ4v) is 3.06. The fourth-order valence-electron chi connectivity index (χ4n) is 3.06. The molecule has 0 aliphatic carbocycles. The van der Waals surface area contributed by atoms with Crippen molar-refractivity contribution in [3.8, 4) is 11.4 Å². The van der Waals surface area contributed by atoms with E-state index < -0.39 is 0 Å². The van der Waals surface area contributed by atoms with Gasteiger partial charge in [-0.15, -0.1) is 0 Å². The summed E-state index contributed by atoms with van der Waals surface area (Å²) >= 11 is 0. The van der Waals surface area contributed by atoms with Crippen molar-refractivity contribution in [2.45, 2.75) is 45.3 Å². The Balaban J connectivity index is 1.45. The van der Waals surface area contributed by atoms with Gasteiger partial charge in [-0.2, -0.15) is 10.1 Å². The molecule has 1 aliphatic heterocycles. The first-order valence-electron chi connectivity index (χ1n) is 8.33. The smallest absolute Gasteiger partial charge is 0.243 e. The highest BCUT2D eigenvalue weighted by Crippen LogP contribution is 2.22. The number of hydrogen-bond acceptors (Lipinski definition) is 6. The van der Waals surface area contributed by atoms with Crippen LogP contribution in [0.25, 0.3) is 11.4 Å². The Bertz CT molecular complexity index is 889. The van der Waals surface area contributed by atoms with E-state index >= 15 is 0 Å². The highest BCUT2D eigenvalue weighted by Gasteiger charge is 2.24. The molecule has 25 heavy (non-hydrogen) atoms. The Morgan fingerprint density at radius 2 is 2.28 bits per heavy atom. The highest BCUT2D eigenvalue weighted by atomic mass is 19.1. The number of nitrogens with one attached hydrogen (secondary N) is 1. The number of aryl methyl sites for hydroxylation is 2. The van der Waals surface area contributed by atoms with Crippen molar-refractivity contribution in [3.63, 3.8) is 0 Å². The maximum Gasteiger partial charge on any atom is 0.243 e. The molecule has 0 unspecified atom stereocenters. The first kappa shape index (κ1) is 15.9. The third kappa shape index (κ3) is 3.17. The van der Waals surface area contributed by atoms with E-state index in [0.717, 1.165) is 25.2 Å². The molecule has 7 nitrogen and oxygen atoms in total. The summed E-state index contributed by atoms with van der Waals surface area (Å²) in [4.78, 5) is 8.64. The standard InChI is InChI=1S/C17H19FN6O/c1-10-3-4-12(7-14(10)18)16-22-17(25-23-16)11(2)21-13-5-6-15-19-9-20-24(15)8-13/h3-4,7,9,11,13,21H,5-6,8H2,1-2H3/t11-,13-/m0/s1. The van der Waals surface area contributed by atoms with Gasteiger partial charge in [0.1, 0.15) is 18.0 Å². The average molecular weight is 342 g/mol. The van der Waals surface area contributed by atoms with Gasteiger partial charge in [0.15, 0.2) is 0 Å². The van der Waals surface area contributed by atoms with Gasteiger partial charge >= 0.3 is 0 Å². The summed E-state index contributed by atoms with van der Waals surface area (Å²) < 4.78 is 21.0. The minimum atomic E-state index is -0.277. The number of aromatic nitrogens is 5. The van der Waals surface area contributed by atoms with E-state index in [2.05, 4.69) is 25.5 Å². The van der Waals surface area contributed by atoms with Gasteiger partial charge in [0.2, 0.25) is 11.7 Å².